The summed E-state index contributed by atoms with van der Waals surface area (Å²) in [7, 11) is 0. The minimum atomic E-state index is -0.507. The first-order chi connectivity index (χ1) is 7.19. The lowest BCUT2D eigenvalue weighted by atomic mass is 10.0. The van der Waals surface area contributed by atoms with Gasteiger partial charge in [0.05, 0.1) is 5.56 Å². The van der Waals surface area contributed by atoms with E-state index in [4.69, 9.17) is 16.7 Å². The molecule has 0 unspecified atom stereocenters. The molecule has 0 aromatic heterocycles. The number of nitrogens with zero attached hydrogens (tertiary/aromatic N) is 1. The van der Waals surface area contributed by atoms with Crippen LogP contribution in [0.2, 0.25) is 0 Å². The molecule has 0 aliphatic heterocycles. The van der Waals surface area contributed by atoms with Crippen LogP contribution in [0.4, 0.5) is 4.39 Å². The first-order valence-corrected chi connectivity index (χ1v) is 4.84. The van der Waals surface area contributed by atoms with Crippen LogP contribution in [0.3, 0.4) is 0 Å². The molecule has 1 atom stereocenters. The van der Waals surface area contributed by atoms with Gasteiger partial charge in [-0.15, -0.1) is 12.4 Å². The molecule has 3 nitrogen and oxygen atoms in total. The van der Waals surface area contributed by atoms with Crippen LogP contribution in [0.5, 0.6) is 0 Å². The molecule has 4 N–H and O–H groups in total. The van der Waals surface area contributed by atoms with Gasteiger partial charge in [0.1, 0.15) is 11.9 Å². The summed E-state index contributed by atoms with van der Waals surface area (Å²) in [6.07, 6.45) is 1.56. The largest absolute Gasteiger partial charge is 0.330 e. The molecule has 1 aromatic carbocycles. The molecule has 0 heterocycles. The molecule has 88 valence electrons. The Morgan fingerprint density at radius 3 is 2.69 bits per heavy atom. The van der Waals surface area contributed by atoms with E-state index in [0.29, 0.717) is 6.54 Å². The van der Waals surface area contributed by atoms with E-state index in [1.165, 1.54) is 12.1 Å². The van der Waals surface area contributed by atoms with Gasteiger partial charge in [-0.1, -0.05) is 6.07 Å². The summed E-state index contributed by atoms with van der Waals surface area (Å²) in [5, 5.41) is 8.65. The summed E-state index contributed by atoms with van der Waals surface area (Å²) < 4.78 is 13.0. The molecule has 0 aliphatic rings. The van der Waals surface area contributed by atoms with Crippen molar-refractivity contribution in [2.45, 2.75) is 18.9 Å². The van der Waals surface area contributed by atoms with Crippen LogP contribution in [0.25, 0.3) is 0 Å². The molecule has 1 rings (SSSR count). The van der Waals surface area contributed by atoms with Crippen LogP contribution >= 0.6 is 12.4 Å². The van der Waals surface area contributed by atoms with Crippen molar-refractivity contribution in [3.05, 3.63) is 35.1 Å². The van der Waals surface area contributed by atoms with Crippen molar-refractivity contribution in [1.29, 1.82) is 5.26 Å². The van der Waals surface area contributed by atoms with Gasteiger partial charge in [-0.05, 0) is 37.1 Å². The lowest BCUT2D eigenvalue weighted by Gasteiger charge is -2.11. The predicted molar refractivity (Wildman–Crippen MR) is 63.6 cm³/mol. The Balaban J connectivity index is 0.00000225. The summed E-state index contributed by atoms with van der Waals surface area (Å²) in [4.78, 5) is 0. The van der Waals surface area contributed by atoms with E-state index in [0.717, 1.165) is 18.4 Å². The maximum atomic E-state index is 13.0. The average Bonchev–Trinajstić information content (AvgIpc) is 2.26. The summed E-state index contributed by atoms with van der Waals surface area (Å²) in [5.41, 5.74) is 12.1. The minimum Gasteiger partial charge on any atom is -0.330 e. The number of rotatable bonds is 4. The third-order valence-electron chi connectivity index (χ3n) is 2.26. The maximum Gasteiger partial charge on any atom is 0.140 e. The molecule has 5 heteroatoms. The molecule has 0 amide bonds. The molecule has 0 spiro atoms. The normalized spacial score (nSPS) is 11.4. The summed E-state index contributed by atoms with van der Waals surface area (Å²) >= 11 is 0. The van der Waals surface area contributed by atoms with E-state index >= 15 is 0 Å². The van der Waals surface area contributed by atoms with Crippen molar-refractivity contribution in [1.82, 2.24) is 0 Å². The highest BCUT2D eigenvalue weighted by Gasteiger charge is 2.08. The van der Waals surface area contributed by atoms with Crippen LogP contribution in [-0.2, 0) is 0 Å². The van der Waals surface area contributed by atoms with Crippen molar-refractivity contribution >= 4 is 12.4 Å². The van der Waals surface area contributed by atoms with Gasteiger partial charge in [0, 0.05) is 6.04 Å². The zero-order valence-electron chi connectivity index (χ0n) is 8.82. The highest BCUT2D eigenvalue weighted by atomic mass is 35.5. The first-order valence-electron chi connectivity index (χ1n) is 4.84. The van der Waals surface area contributed by atoms with Crippen molar-refractivity contribution < 1.29 is 4.39 Å². The summed E-state index contributed by atoms with van der Waals surface area (Å²) in [6, 6.07) is 5.99. The summed E-state index contributed by atoms with van der Waals surface area (Å²) in [6.45, 7) is 0.583. The number of nitrogens with two attached hydrogens (primary N) is 2. The fourth-order valence-corrected chi connectivity index (χ4v) is 1.36. The fraction of sp³-hybridized carbons (Fsp3) is 0.364. The van der Waals surface area contributed by atoms with Gasteiger partial charge >= 0.3 is 0 Å². The van der Waals surface area contributed by atoms with Crippen LogP contribution in [-0.4, -0.2) is 6.54 Å². The molecular formula is C11H15ClFN3. The smallest absolute Gasteiger partial charge is 0.140 e. The number of nitriles is 1. The summed E-state index contributed by atoms with van der Waals surface area (Å²) in [5.74, 6) is -0.507. The molecule has 0 fully saturated rings. The van der Waals surface area contributed by atoms with Gasteiger partial charge in [-0.3, -0.25) is 0 Å². The molecule has 0 bridgehead atoms. The van der Waals surface area contributed by atoms with Gasteiger partial charge in [0.25, 0.3) is 0 Å². The standard InChI is InChI=1S/C11H14FN3.ClH/c12-10-4-3-8(6-9(10)7-14)11(15)2-1-5-13;/h3-4,6,11H,1-2,5,13,15H2;1H/t11-;/m0./s1. The zero-order valence-corrected chi connectivity index (χ0v) is 9.64. The predicted octanol–water partition coefficient (Wildman–Crippen LogP) is 1.86. The highest BCUT2D eigenvalue weighted by molar-refractivity contribution is 5.85. The topological polar surface area (TPSA) is 75.8 Å². The molecular weight excluding hydrogens is 229 g/mol. The number of hydrogen-bond donors (Lipinski definition) is 2. The molecule has 16 heavy (non-hydrogen) atoms. The van der Waals surface area contributed by atoms with Crippen LogP contribution in [0, 0.1) is 17.1 Å². The Morgan fingerprint density at radius 1 is 1.44 bits per heavy atom. The van der Waals surface area contributed by atoms with Gasteiger partial charge in [-0.2, -0.15) is 5.26 Å². The van der Waals surface area contributed by atoms with Crippen LogP contribution in [0.15, 0.2) is 18.2 Å². The number of halogens is 2. The van der Waals surface area contributed by atoms with E-state index in [1.807, 2.05) is 0 Å². The first kappa shape index (κ1) is 14.8. The van der Waals surface area contributed by atoms with Gasteiger partial charge in [0.15, 0.2) is 0 Å². The second-order valence-electron chi connectivity index (χ2n) is 3.39. The Labute approximate surface area is 101 Å². The zero-order chi connectivity index (χ0) is 11.3. The number of hydrogen-bond acceptors (Lipinski definition) is 3. The van der Waals surface area contributed by atoms with E-state index < -0.39 is 5.82 Å². The SMILES string of the molecule is Cl.N#Cc1cc([C@@H](N)CCCN)ccc1F. The molecule has 0 saturated heterocycles. The van der Waals surface area contributed by atoms with Crippen LogP contribution < -0.4 is 11.5 Å². The monoisotopic (exact) mass is 243 g/mol. The minimum absolute atomic E-state index is 0. The van der Waals surface area contributed by atoms with Gasteiger partial charge < -0.3 is 11.5 Å². The van der Waals surface area contributed by atoms with Crippen molar-refractivity contribution in [3.8, 4) is 6.07 Å². The van der Waals surface area contributed by atoms with Crippen molar-refractivity contribution in [2.75, 3.05) is 6.54 Å². The quantitative estimate of drug-likeness (QED) is 0.848. The second-order valence-corrected chi connectivity index (χ2v) is 3.39. The average molecular weight is 244 g/mol. The lowest BCUT2D eigenvalue weighted by Crippen LogP contribution is -2.12. The number of benzene rings is 1. The Morgan fingerprint density at radius 2 is 2.12 bits per heavy atom. The van der Waals surface area contributed by atoms with Crippen molar-refractivity contribution in [3.63, 3.8) is 0 Å². The molecule has 0 saturated carbocycles. The Bertz CT molecular complexity index is 376. The van der Waals surface area contributed by atoms with Crippen LogP contribution in [0.1, 0.15) is 30.0 Å². The van der Waals surface area contributed by atoms with Gasteiger partial charge in [-0.25, -0.2) is 4.39 Å². The highest BCUT2D eigenvalue weighted by Crippen LogP contribution is 2.18. The van der Waals surface area contributed by atoms with E-state index in [1.54, 1.807) is 12.1 Å². The Hall–Kier alpha value is -1.15. The molecule has 0 aliphatic carbocycles. The van der Waals surface area contributed by atoms with E-state index in [-0.39, 0.29) is 24.0 Å². The molecule has 0 radical (unpaired) electrons. The fourth-order valence-electron chi connectivity index (χ4n) is 1.36. The molecule has 1 aromatic rings. The maximum absolute atomic E-state index is 13.0. The third kappa shape index (κ3) is 3.78. The second kappa shape index (κ2) is 7.18. The van der Waals surface area contributed by atoms with E-state index in [2.05, 4.69) is 0 Å². The van der Waals surface area contributed by atoms with Crippen molar-refractivity contribution in [2.24, 2.45) is 11.5 Å². The van der Waals surface area contributed by atoms with E-state index in [9.17, 15) is 4.39 Å². The Kier molecular flexibility index (Phi) is 6.66. The third-order valence-corrected chi connectivity index (χ3v) is 2.26. The van der Waals surface area contributed by atoms with Gasteiger partial charge in [0.2, 0.25) is 0 Å². The lowest BCUT2D eigenvalue weighted by molar-refractivity contribution is 0.605.